The molecule has 1 aliphatic carbocycles. The van der Waals surface area contributed by atoms with E-state index in [1.54, 1.807) is 0 Å². The van der Waals surface area contributed by atoms with Crippen LogP contribution in [0.25, 0.3) is 11.1 Å². The number of benzene rings is 3. The normalized spacial score (nSPS) is 17.0. The van der Waals surface area contributed by atoms with Gasteiger partial charge in [0.1, 0.15) is 24.7 Å². The van der Waals surface area contributed by atoms with E-state index < -0.39 is 0 Å². The largest absolute Gasteiger partial charge is 0.488 e. The Kier molecular flexibility index (Phi) is 8.40. The number of likely N-dealkylation sites (tertiary alicyclic amines) is 1. The van der Waals surface area contributed by atoms with Gasteiger partial charge >= 0.3 is 0 Å². The summed E-state index contributed by atoms with van der Waals surface area (Å²) in [7, 11) is 1.93. The fourth-order valence-electron chi connectivity index (χ4n) is 6.53. The molecule has 1 fully saturated rings. The van der Waals surface area contributed by atoms with Crippen LogP contribution in [0.1, 0.15) is 59.1 Å². The zero-order valence-corrected chi connectivity index (χ0v) is 24.3. The number of hydrogen-bond donors (Lipinski definition) is 1. The molecule has 1 N–H and O–H groups in total. The first kappa shape index (κ1) is 27.6. The summed E-state index contributed by atoms with van der Waals surface area (Å²) < 4.78 is 15.0. The molecule has 1 aliphatic heterocycles. The first-order valence-corrected chi connectivity index (χ1v) is 15.0. The van der Waals surface area contributed by atoms with E-state index in [9.17, 15) is 5.11 Å². The zero-order chi connectivity index (χ0) is 28.2. The fraction of sp³-hybridized carbons (Fsp3) is 0.400. The van der Waals surface area contributed by atoms with Crippen molar-refractivity contribution in [1.82, 2.24) is 14.7 Å². The number of piperidine rings is 1. The maximum absolute atomic E-state index is 10.1. The first-order valence-electron chi connectivity index (χ1n) is 15.0. The second kappa shape index (κ2) is 12.5. The van der Waals surface area contributed by atoms with Gasteiger partial charge in [0.15, 0.2) is 0 Å². The summed E-state index contributed by atoms with van der Waals surface area (Å²) in [4.78, 5) is 2.45. The predicted molar refractivity (Wildman–Crippen MR) is 162 cm³/mol. The summed E-state index contributed by atoms with van der Waals surface area (Å²) >= 11 is 0. The van der Waals surface area contributed by atoms with Gasteiger partial charge in [-0.15, -0.1) is 0 Å². The Morgan fingerprint density at radius 3 is 2.56 bits per heavy atom. The van der Waals surface area contributed by atoms with Crippen molar-refractivity contribution in [1.29, 1.82) is 0 Å². The highest BCUT2D eigenvalue weighted by Gasteiger charge is 2.28. The van der Waals surface area contributed by atoms with Crippen LogP contribution in [-0.2, 0) is 39.6 Å². The molecule has 6 heteroatoms. The van der Waals surface area contributed by atoms with Crippen LogP contribution in [0.3, 0.4) is 0 Å². The van der Waals surface area contributed by atoms with Crippen molar-refractivity contribution < 1.29 is 14.6 Å². The van der Waals surface area contributed by atoms with Gasteiger partial charge in [-0.1, -0.05) is 55.0 Å². The van der Waals surface area contributed by atoms with E-state index >= 15 is 0 Å². The summed E-state index contributed by atoms with van der Waals surface area (Å²) in [6.07, 6.45) is 10.4. The smallest absolute Gasteiger partial charge is 0.128 e. The molecule has 2 aliphatic rings. The van der Waals surface area contributed by atoms with Gasteiger partial charge in [0.05, 0.1) is 12.8 Å². The Hall–Kier alpha value is -3.61. The number of aliphatic hydroxyl groups is 1. The van der Waals surface area contributed by atoms with Gasteiger partial charge in [-0.3, -0.25) is 9.58 Å². The SMILES string of the molecule is Cc1c(COc2cc(OCc3cnn(C)c3)c(CN3CCCC[C@H]3CO)c3c2CCC3)cccc1-c1ccccc1. The van der Waals surface area contributed by atoms with Crippen LogP contribution in [0.4, 0.5) is 0 Å². The molecular weight excluding hydrogens is 510 g/mol. The molecule has 214 valence electrons. The molecule has 41 heavy (non-hydrogen) atoms. The zero-order valence-electron chi connectivity index (χ0n) is 24.3. The van der Waals surface area contributed by atoms with Gasteiger partial charge in [0.25, 0.3) is 0 Å². The van der Waals surface area contributed by atoms with E-state index in [-0.39, 0.29) is 12.6 Å². The van der Waals surface area contributed by atoms with E-state index in [1.807, 2.05) is 24.1 Å². The van der Waals surface area contributed by atoms with Crippen molar-refractivity contribution in [2.75, 3.05) is 13.2 Å². The third-order valence-electron chi connectivity index (χ3n) is 8.83. The molecule has 0 bridgehead atoms. The van der Waals surface area contributed by atoms with E-state index in [1.165, 1.54) is 51.8 Å². The van der Waals surface area contributed by atoms with Gasteiger partial charge in [-0.25, -0.2) is 0 Å². The van der Waals surface area contributed by atoms with E-state index in [4.69, 9.17) is 9.47 Å². The second-order valence-electron chi connectivity index (χ2n) is 11.5. The van der Waals surface area contributed by atoms with Crippen LogP contribution in [0, 0.1) is 6.92 Å². The molecule has 0 radical (unpaired) electrons. The Bertz CT molecular complexity index is 1480. The monoisotopic (exact) mass is 551 g/mol. The summed E-state index contributed by atoms with van der Waals surface area (Å²) in [6.45, 7) is 5.18. The molecule has 1 aromatic heterocycles. The second-order valence-corrected chi connectivity index (χ2v) is 11.5. The number of aliphatic hydroxyl groups excluding tert-OH is 1. The predicted octanol–water partition coefficient (Wildman–Crippen LogP) is 6.39. The van der Waals surface area contributed by atoms with Gasteiger partial charge < -0.3 is 14.6 Å². The van der Waals surface area contributed by atoms with Crippen molar-refractivity contribution >= 4 is 0 Å². The molecule has 6 rings (SSSR count). The van der Waals surface area contributed by atoms with Crippen LogP contribution < -0.4 is 9.47 Å². The average molecular weight is 552 g/mol. The minimum Gasteiger partial charge on any atom is -0.488 e. The van der Waals surface area contributed by atoms with Crippen LogP contribution in [0.5, 0.6) is 11.5 Å². The standard InChI is InChI=1S/C35H41N3O3/c1-25-28(12-8-14-30(25)27-10-4-3-5-11-27)24-41-34-18-35(40-23-26-19-36-37(2)20-26)33(31-15-9-16-32(31)34)21-38-17-7-6-13-29(38)22-39/h3-5,8,10-12,14,18-20,29,39H,6-7,9,13,15-17,21-24H2,1-2H3/t29-/m0/s1. The molecule has 6 nitrogen and oxygen atoms in total. The molecule has 0 unspecified atom stereocenters. The highest BCUT2D eigenvalue weighted by Crippen LogP contribution is 2.41. The Balaban J connectivity index is 1.31. The van der Waals surface area contributed by atoms with Crippen molar-refractivity contribution in [2.45, 2.75) is 71.2 Å². The highest BCUT2D eigenvalue weighted by atomic mass is 16.5. The van der Waals surface area contributed by atoms with Gasteiger partial charge in [-0.2, -0.15) is 5.10 Å². The fourth-order valence-corrected chi connectivity index (χ4v) is 6.53. The third kappa shape index (κ3) is 6.04. The first-order chi connectivity index (χ1) is 20.1. The number of nitrogens with zero attached hydrogens (tertiary/aromatic N) is 3. The lowest BCUT2D eigenvalue weighted by atomic mass is 9.96. The van der Waals surface area contributed by atoms with Crippen LogP contribution in [0.2, 0.25) is 0 Å². The summed E-state index contributed by atoms with van der Waals surface area (Å²) in [5, 5.41) is 14.4. The van der Waals surface area contributed by atoms with E-state index in [0.717, 1.165) is 55.8 Å². The van der Waals surface area contributed by atoms with E-state index in [0.29, 0.717) is 13.2 Å². The van der Waals surface area contributed by atoms with Crippen LogP contribution >= 0.6 is 0 Å². The lowest BCUT2D eigenvalue weighted by Gasteiger charge is -2.35. The Morgan fingerprint density at radius 1 is 0.927 bits per heavy atom. The number of aryl methyl sites for hydroxylation is 1. The van der Waals surface area contributed by atoms with Crippen molar-refractivity contribution in [2.24, 2.45) is 7.05 Å². The van der Waals surface area contributed by atoms with Crippen molar-refractivity contribution in [3.05, 3.63) is 100 Å². The summed E-state index contributed by atoms with van der Waals surface area (Å²) in [6, 6.07) is 19.4. The molecule has 0 saturated carbocycles. The van der Waals surface area contributed by atoms with Crippen molar-refractivity contribution in [3.63, 3.8) is 0 Å². The topological polar surface area (TPSA) is 59.8 Å². The minimum absolute atomic E-state index is 0.205. The van der Waals surface area contributed by atoms with Gasteiger partial charge in [-0.05, 0) is 79.0 Å². The number of rotatable bonds is 10. The van der Waals surface area contributed by atoms with Gasteiger partial charge in [0.2, 0.25) is 0 Å². The Labute approximate surface area is 243 Å². The van der Waals surface area contributed by atoms with Crippen LogP contribution in [0.15, 0.2) is 67.0 Å². The molecule has 0 spiro atoms. The summed E-state index contributed by atoms with van der Waals surface area (Å²) in [5.41, 5.74) is 9.91. The molecule has 1 atom stereocenters. The molecule has 2 heterocycles. The lowest BCUT2D eigenvalue weighted by molar-refractivity contribution is 0.0828. The Morgan fingerprint density at radius 2 is 1.76 bits per heavy atom. The third-order valence-corrected chi connectivity index (χ3v) is 8.83. The molecular formula is C35H41N3O3. The molecule has 0 amide bonds. The van der Waals surface area contributed by atoms with Gasteiger partial charge in [0, 0.05) is 43.0 Å². The number of hydrogen-bond acceptors (Lipinski definition) is 5. The molecule has 3 aromatic carbocycles. The quantitative estimate of drug-likeness (QED) is 0.248. The number of aromatic nitrogens is 2. The van der Waals surface area contributed by atoms with E-state index in [2.05, 4.69) is 71.5 Å². The highest BCUT2D eigenvalue weighted by molar-refractivity contribution is 5.68. The maximum atomic E-state index is 10.1. The number of ether oxygens (including phenoxy) is 2. The molecule has 1 saturated heterocycles. The lowest BCUT2D eigenvalue weighted by Crippen LogP contribution is -2.41. The van der Waals surface area contributed by atoms with Crippen LogP contribution in [-0.4, -0.2) is 39.0 Å². The average Bonchev–Trinajstić information content (AvgIpc) is 3.66. The maximum Gasteiger partial charge on any atom is 0.128 e. The summed E-state index contributed by atoms with van der Waals surface area (Å²) in [5.74, 6) is 1.82. The van der Waals surface area contributed by atoms with Crippen molar-refractivity contribution in [3.8, 4) is 22.6 Å². The minimum atomic E-state index is 0.205. The molecule has 4 aromatic rings. The number of fused-ring (bicyclic) bond motifs is 1.